The predicted molar refractivity (Wildman–Crippen MR) is 388 cm³/mol. The highest BCUT2D eigenvalue weighted by Gasteiger charge is 2.54. The summed E-state index contributed by atoms with van der Waals surface area (Å²) >= 11 is 2.04. The molecule has 4 atom stereocenters. The topological polar surface area (TPSA) is 61.6 Å². The van der Waals surface area contributed by atoms with Gasteiger partial charge in [-0.2, -0.15) is 0 Å². The first kappa shape index (κ1) is 58.4. The molecule has 0 saturated carbocycles. The summed E-state index contributed by atoms with van der Waals surface area (Å²) in [7, 11) is 6.95. The molecule has 0 spiro atoms. The van der Waals surface area contributed by atoms with Crippen molar-refractivity contribution in [1.29, 1.82) is 0 Å². The molecule has 13 aromatic rings. The fraction of sp³-hybridized carbons (Fsp3) is 0.159. The molecule has 17 rings (SSSR count). The van der Waals surface area contributed by atoms with Crippen molar-refractivity contribution in [3.8, 4) is 67.5 Å². The van der Waals surface area contributed by atoms with Gasteiger partial charge in [0, 0.05) is 10.8 Å². The molecule has 462 valence electrons. The van der Waals surface area contributed by atoms with Crippen molar-refractivity contribution in [3.05, 3.63) is 344 Å². The van der Waals surface area contributed by atoms with Crippen LogP contribution in [0.3, 0.4) is 0 Å². The van der Waals surface area contributed by atoms with E-state index in [-0.39, 0.29) is 22.6 Å². The van der Waals surface area contributed by atoms with Gasteiger partial charge in [-0.25, -0.2) is 0 Å². The Morgan fingerprint density at radius 2 is 0.653 bits per heavy atom. The molecule has 2 aliphatic carbocycles. The van der Waals surface area contributed by atoms with Crippen molar-refractivity contribution in [2.24, 2.45) is 9.98 Å². The van der Waals surface area contributed by atoms with Crippen LogP contribution in [0.4, 0.5) is 0 Å². The first-order valence-corrected chi connectivity index (χ1v) is 34.1. The fourth-order valence-electron chi connectivity index (χ4n) is 16.6. The molecule has 1 fully saturated rings. The van der Waals surface area contributed by atoms with Crippen molar-refractivity contribution in [2.75, 3.05) is 28.4 Å². The van der Waals surface area contributed by atoms with E-state index in [0.29, 0.717) is 0 Å². The highest BCUT2D eigenvalue weighted by atomic mass is 32.2. The zero-order chi connectivity index (χ0) is 64.1. The van der Waals surface area contributed by atoms with Gasteiger partial charge in [-0.15, -0.1) is 11.8 Å². The molecule has 0 N–H and O–H groups in total. The maximum Gasteiger partial charge on any atom is 0.118 e. The van der Waals surface area contributed by atoms with Crippen LogP contribution in [0.1, 0.15) is 91.1 Å². The number of nitrogens with zero attached hydrogens (tertiary/aromatic N) is 2. The molecule has 1 saturated heterocycles. The standard InChI is InChI=1S/C88H70N2O4S/c1-7-53-23-27-55(28-24-53)57-31-49-67-73(51-57)74-52-58(56-29-25-54(8-2)26-30-56)32-50-68(74)82-81(67)89-83-84(90-82)86(72-18-14-22-78-80(72)70-16-10-12-20-76(70)88(78,61-37-45-65(93-5)46-38-61)62-39-47-66(94-6)48-40-62)95-85(83)71-17-13-21-77-79(71)69-15-9-11-19-75(69)87(77,59-33-41-63(91-3)42-34-59)60-35-43-64(92-4)44-36-60/h9-52,83-86H,7-8H2,1-6H3. The summed E-state index contributed by atoms with van der Waals surface area (Å²) in [6, 6.07) is 98.9. The van der Waals surface area contributed by atoms with Gasteiger partial charge in [0.05, 0.1) is 72.6 Å². The van der Waals surface area contributed by atoms with E-state index in [1.54, 1.807) is 28.4 Å². The largest absolute Gasteiger partial charge is 0.497 e. The summed E-state index contributed by atoms with van der Waals surface area (Å²) in [5.41, 5.74) is 23.0. The zero-order valence-corrected chi connectivity index (χ0v) is 54.9. The molecule has 0 bridgehead atoms. The molecule has 2 aliphatic heterocycles. The number of rotatable bonds is 14. The van der Waals surface area contributed by atoms with E-state index in [9.17, 15) is 0 Å². The Bertz CT molecular complexity index is 4870. The van der Waals surface area contributed by atoms with Gasteiger partial charge >= 0.3 is 0 Å². The molecule has 95 heavy (non-hydrogen) atoms. The molecule has 0 aromatic heterocycles. The van der Waals surface area contributed by atoms with Crippen LogP contribution in [0, 0.1) is 0 Å². The van der Waals surface area contributed by atoms with Crippen LogP contribution in [-0.2, 0) is 23.7 Å². The SMILES string of the molecule is CCc1ccc(-c2ccc3c4c(c5ccc(-c6ccc(CC)cc6)cc5c3c2)=NC2C(c3cccc5c3-c3ccccc3C5(c3ccc(OC)cc3)c3ccc(OC)cc3)SC(c3cccc5c3-c3ccccc3C5(c3ccc(OC)cc3)c3ccc(OC)cc3)C2N=4)cc1. The second kappa shape index (κ2) is 23.2. The number of fused-ring (bicyclic) bond motifs is 13. The molecular formula is C88H70N2O4S. The highest BCUT2D eigenvalue weighted by molar-refractivity contribution is 8.00. The lowest BCUT2D eigenvalue weighted by atomic mass is 9.67. The number of aryl methyl sites for hydroxylation is 2. The zero-order valence-electron chi connectivity index (χ0n) is 54.1. The van der Waals surface area contributed by atoms with Crippen molar-refractivity contribution in [1.82, 2.24) is 0 Å². The molecule has 4 aliphatic rings. The van der Waals surface area contributed by atoms with Gasteiger partial charge in [0.25, 0.3) is 0 Å². The Morgan fingerprint density at radius 1 is 0.326 bits per heavy atom. The Morgan fingerprint density at radius 3 is 0.989 bits per heavy atom. The Hall–Kier alpha value is -10.5. The van der Waals surface area contributed by atoms with Gasteiger partial charge in [-0.1, -0.05) is 220 Å². The maximum absolute atomic E-state index is 6.34. The molecular weight excluding hydrogens is 1180 g/mol. The van der Waals surface area contributed by atoms with E-state index in [4.69, 9.17) is 28.9 Å². The van der Waals surface area contributed by atoms with Crippen LogP contribution in [0.15, 0.2) is 277 Å². The van der Waals surface area contributed by atoms with E-state index in [1.807, 2.05) is 11.8 Å². The Balaban J connectivity index is 0.944. The van der Waals surface area contributed by atoms with Crippen LogP contribution in [0.25, 0.3) is 66.1 Å². The Labute approximate surface area is 559 Å². The summed E-state index contributed by atoms with van der Waals surface area (Å²) < 4.78 is 23.3. The lowest BCUT2D eigenvalue weighted by Gasteiger charge is -2.34. The predicted octanol–water partition coefficient (Wildman–Crippen LogP) is 19.4. The van der Waals surface area contributed by atoms with Crippen LogP contribution < -0.4 is 29.7 Å². The highest BCUT2D eigenvalue weighted by Crippen LogP contribution is 2.65. The normalized spacial score (nSPS) is 17.3. The minimum absolute atomic E-state index is 0.150. The fourth-order valence-corrected chi connectivity index (χ4v) is 18.4. The average Bonchev–Trinajstić information content (AvgIpc) is 1.55. The van der Waals surface area contributed by atoms with Crippen LogP contribution in [-0.4, -0.2) is 40.5 Å². The van der Waals surface area contributed by atoms with Gasteiger partial charge in [-0.3, -0.25) is 9.98 Å². The number of methoxy groups -OCH3 is 4. The number of ether oxygens (including phenoxy) is 4. The van der Waals surface area contributed by atoms with E-state index >= 15 is 0 Å². The third-order valence-electron chi connectivity index (χ3n) is 21.2. The number of hydrogen-bond acceptors (Lipinski definition) is 7. The van der Waals surface area contributed by atoms with Gasteiger partial charge in [0.2, 0.25) is 0 Å². The second-order valence-corrected chi connectivity index (χ2v) is 26.9. The number of hydrogen-bond donors (Lipinski definition) is 0. The first-order valence-electron chi connectivity index (χ1n) is 33.1. The summed E-state index contributed by atoms with van der Waals surface area (Å²) in [5, 5.41) is 6.16. The molecule has 7 heteroatoms. The van der Waals surface area contributed by atoms with Crippen LogP contribution in [0.5, 0.6) is 23.0 Å². The molecule has 6 nitrogen and oxygen atoms in total. The number of benzene rings is 13. The lowest BCUT2D eigenvalue weighted by Crippen LogP contribution is -2.40. The third kappa shape index (κ3) is 8.92. The van der Waals surface area contributed by atoms with Gasteiger partial charge < -0.3 is 18.9 Å². The van der Waals surface area contributed by atoms with E-state index in [1.165, 1.54) is 99.8 Å². The van der Waals surface area contributed by atoms with Gasteiger partial charge in [-0.05, 0) is 196 Å². The van der Waals surface area contributed by atoms with Crippen molar-refractivity contribution < 1.29 is 18.9 Å². The number of thioether (sulfide) groups is 1. The van der Waals surface area contributed by atoms with E-state index < -0.39 is 10.8 Å². The van der Waals surface area contributed by atoms with Crippen LogP contribution in [0.2, 0.25) is 0 Å². The van der Waals surface area contributed by atoms with Crippen molar-refractivity contribution >= 4 is 33.3 Å². The lowest BCUT2D eigenvalue weighted by molar-refractivity contribution is 0.414. The summed E-state index contributed by atoms with van der Waals surface area (Å²) in [6.45, 7) is 4.43. The van der Waals surface area contributed by atoms with Crippen molar-refractivity contribution in [2.45, 2.75) is 60.1 Å². The minimum Gasteiger partial charge on any atom is -0.497 e. The quantitative estimate of drug-likeness (QED) is 0.102. The maximum atomic E-state index is 6.34. The molecule has 2 heterocycles. The molecule has 13 aromatic carbocycles. The molecule has 0 radical (unpaired) electrons. The van der Waals surface area contributed by atoms with Gasteiger partial charge in [0.1, 0.15) is 23.0 Å². The van der Waals surface area contributed by atoms with Gasteiger partial charge in [0.15, 0.2) is 0 Å². The average molecular weight is 1250 g/mol. The first-order chi connectivity index (χ1) is 46.8. The monoisotopic (exact) mass is 1250 g/mol. The minimum atomic E-state index is -0.694. The van der Waals surface area contributed by atoms with Crippen molar-refractivity contribution in [3.63, 3.8) is 0 Å². The smallest absolute Gasteiger partial charge is 0.118 e. The summed E-state index contributed by atoms with van der Waals surface area (Å²) in [6.07, 6.45) is 1.98. The molecule has 0 amide bonds. The second-order valence-electron chi connectivity index (χ2n) is 25.6. The Kier molecular flexibility index (Phi) is 14.3. The third-order valence-corrected chi connectivity index (χ3v) is 22.8. The van der Waals surface area contributed by atoms with E-state index in [0.717, 1.165) is 79.6 Å². The summed E-state index contributed by atoms with van der Waals surface area (Å²) in [5.74, 6) is 3.24. The summed E-state index contributed by atoms with van der Waals surface area (Å²) in [4.78, 5) is 12.7. The van der Waals surface area contributed by atoms with Crippen LogP contribution >= 0.6 is 11.8 Å². The van der Waals surface area contributed by atoms with E-state index in [2.05, 4.69) is 281 Å². The molecule has 4 unspecified atom stereocenters.